The Labute approximate surface area is 50.0 Å². The number of rotatable bonds is 1. The lowest BCUT2D eigenvalue weighted by molar-refractivity contribution is 0.466. The van der Waals surface area contributed by atoms with Crippen LogP contribution in [0, 0.1) is 0 Å². The largest absolute Gasteiger partial charge is 0.456 e. The van der Waals surface area contributed by atoms with Gasteiger partial charge < -0.3 is 4.42 Å². The molecule has 2 nitrogen and oxygen atoms in total. The topological polar surface area (TPSA) is 30.2 Å². The minimum Gasteiger partial charge on any atom is -0.456 e. The van der Waals surface area contributed by atoms with E-state index in [0.29, 0.717) is 5.09 Å². The highest BCUT2D eigenvalue weighted by Crippen LogP contribution is 2.02. The first-order valence-electron chi connectivity index (χ1n) is 2.17. The van der Waals surface area contributed by atoms with Gasteiger partial charge in [0.05, 0.1) is 17.1 Å². The predicted octanol–water partition coefficient (Wildman–Crippen LogP) is 1.02. The molecule has 1 aromatic rings. The van der Waals surface area contributed by atoms with Crippen molar-refractivity contribution < 1.29 is 8.63 Å². The van der Waals surface area contributed by atoms with Crippen molar-refractivity contribution in [2.75, 3.05) is 6.26 Å². The molecule has 0 amide bonds. The molecule has 0 saturated heterocycles. The summed E-state index contributed by atoms with van der Waals surface area (Å²) in [7, 11) is -0.965. The summed E-state index contributed by atoms with van der Waals surface area (Å²) in [5, 5.41) is 0.532. The van der Waals surface area contributed by atoms with E-state index in [1.165, 1.54) is 6.26 Å². The van der Waals surface area contributed by atoms with Crippen molar-refractivity contribution in [1.29, 1.82) is 0 Å². The van der Waals surface area contributed by atoms with Gasteiger partial charge in [0, 0.05) is 6.26 Å². The lowest BCUT2D eigenvalue weighted by atomic mass is 10.7. The van der Waals surface area contributed by atoms with Crippen molar-refractivity contribution in [3.8, 4) is 0 Å². The Hall–Kier alpha value is -0.570. The Bertz CT molecular complexity index is 178. The highest BCUT2D eigenvalue weighted by atomic mass is 32.2. The fourth-order valence-corrected chi connectivity index (χ4v) is 0.888. The van der Waals surface area contributed by atoms with Gasteiger partial charge in [-0.25, -0.2) is 0 Å². The standard InChI is InChI=1S/C5H6O2S/c1-8(6)5-3-2-4-7-5/h2-4H,1H3. The first kappa shape index (κ1) is 5.56. The summed E-state index contributed by atoms with van der Waals surface area (Å²) >= 11 is 0. The fourth-order valence-electron chi connectivity index (χ4n) is 0.427. The molecule has 1 rings (SSSR count). The van der Waals surface area contributed by atoms with E-state index < -0.39 is 10.8 Å². The maximum Gasteiger partial charge on any atom is 0.189 e. The Balaban J connectivity index is 2.93. The van der Waals surface area contributed by atoms with Crippen molar-refractivity contribution >= 4 is 10.8 Å². The summed E-state index contributed by atoms with van der Waals surface area (Å²) in [5.74, 6) is 0. The van der Waals surface area contributed by atoms with Crippen LogP contribution in [0.3, 0.4) is 0 Å². The van der Waals surface area contributed by atoms with E-state index in [1.54, 1.807) is 18.4 Å². The van der Waals surface area contributed by atoms with Gasteiger partial charge in [0.2, 0.25) is 0 Å². The monoisotopic (exact) mass is 130 g/mol. The van der Waals surface area contributed by atoms with E-state index in [0.717, 1.165) is 0 Å². The minimum atomic E-state index is -0.965. The normalized spacial score (nSPS) is 13.6. The Morgan fingerprint density at radius 1 is 1.75 bits per heavy atom. The molecule has 0 aliphatic heterocycles. The van der Waals surface area contributed by atoms with Gasteiger partial charge in [-0.05, 0) is 12.1 Å². The summed E-state index contributed by atoms with van der Waals surface area (Å²) in [6.07, 6.45) is 3.09. The second kappa shape index (κ2) is 2.13. The summed E-state index contributed by atoms with van der Waals surface area (Å²) in [6, 6.07) is 3.41. The molecule has 0 aromatic carbocycles. The molecule has 1 unspecified atom stereocenters. The van der Waals surface area contributed by atoms with E-state index >= 15 is 0 Å². The lowest BCUT2D eigenvalue weighted by Crippen LogP contribution is -1.80. The van der Waals surface area contributed by atoms with Crippen LogP contribution in [0.15, 0.2) is 27.9 Å². The summed E-state index contributed by atoms with van der Waals surface area (Å²) in [6.45, 7) is 0. The zero-order valence-electron chi connectivity index (χ0n) is 4.46. The first-order chi connectivity index (χ1) is 3.80. The minimum absolute atomic E-state index is 0.532. The molecule has 0 spiro atoms. The Morgan fingerprint density at radius 3 is 2.75 bits per heavy atom. The van der Waals surface area contributed by atoms with E-state index in [1.807, 2.05) is 0 Å². The average molecular weight is 130 g/mol. The maximum absolute atomic E-state index is 10.5. The molecule has 0 aliphatic carbocycles. The van der Waals surface area contributed by atoms with Crippen molar-refractivity contribution in [1.82, 2.24) is 0 Å². The molecule has 0 fully saturated rings. The van der Waals surface area contributed by atoms with Crippen LogP contribution in [0.5, 0.6) is 0 Å². The smallest absolute Gasteiger partial charge is 0.189 e. The Kier molecular flexibility index (Phi) is 1.48. The third-order valence-electron chi connectivity index (χ3n) is 0.778. The van der Waals surface area contributed by atoms with Crippen LogP contribution in [0.1, 0.15) is 0 Å². The van der Waals surface area contributed by atoms with Crippen LogP contribution in [0.2, 0.25) is 0 Å². The maximum atomic E-state index is 10.5. The van der Waals surface area contributed by atoms with Crippen LogP contribution in [0.4, 0.5) is 0 Å². The van der Waals surface area contributed by atoms with Gasteiger partial charge in [0.25, 0.3) is 0 Å². The van der Waals surface area contributed by atoms with Crippen molar-refractivity contribution in [2.24, 2.45) is 0 Å². The number of hydrogen-bond donors (Lipinski definition) is 0. The third-order valence-corrected chi connectivity index (χ3v) is 1.58. The van der Waals surface area contributed by atoms with Crippen LogP contribution in [-0.4, -0.2) is 10.5 Å². The van der Waals surface area contributed by atoms with E-state index in [9.17, 15) is 4.21 Å². The molecular formula is C5H6O2S. The second-order valence-electron chi connectivity index (χ2n) is 1.39. The lowest BCUT2D eigenvalue weighted by Gasteiger charge is -1.81. The first-order valence-corrected chi connectivity index (χ1v) is 3.73. The average Bonchev–Trinajstić information content (AvgIpc) is 2.12. The van der Waals surface area contributed by atoms with Gasteiger partial charge in [-0.2, -0.15) is 0 Å². The third kappa shape index (κ3) is 0.980. The van der Waals surface area contributed by atoms with Gasteiger partial charge >= 0.3 is 0 Å². The molecule has 0 bridgehead atoms. The predicted molar refractivity (Wildman–Crippen MR) is 31.0 cm³/mol. The number of hydrogen-bond acceptors (Lipinski definition) is 2. The summed E-state index contributed by atoms with van der Waals surface area (Å²) in [4.78, 5) is 0. The molecule has 8 heavy (non-hydrogen) atoms. The molecule has 44 valence electrons. The molecule has 0 radical (unpaired) electrons. The van der Waals surface area contributed by atoms with Crippen LogP contribution in [0.25, 0.3) is 0 Å². The highest BCUT2D eigenvalue weighted by molar-refractivity contribution is 7.84. The van der Waals surface area contributed by atoms with Crippen molar-refractivity contribution in [3.05, 3.63) is 18.4 Å². The van der Waals surface area contributed by atoms with Crippen molar-refractivity contribution in [3.63, 3.8) is 0 Å². The Morgan fingerprint density at radius 2 is 2.50 bits per heavy atom. The zero-order chi connectivity index (χ0) is 5.98. The van der Waals surface area contributed by atoms with Gasteiger partial charge in [-0.15, -0.1) is 0 Å². The molecule has 0 saturated carbocycles. The SMILES string of the molecule is CS(=O)c1ccco1. The van der Waals surface area contributed by atoms with Crippen LogP contribution >= 0.6 is 0 Å². The van der Waals surface area contributed by atoms with Crippen LogP contribution in [-0.2, 0) is 10.8 Å². The fraction of sp³-hybridized carbons (Fsp3) is 0.200. The molecule has 0 aliphatic rings. The molecular weight excluding hydrogens is 124 g/mol. The highest BCUT2D eigenvalue weighted by Gasteiger charge is 1.95. The summed E-state index contributed by atoms with van der Waals surface area (Å²) in [5.41, 5.74) is 0. The molecule has 1 aromatic heterocycles. The zero-order valence-corrected chi connectivity index (χ0v) is 5.27. The van der Waals surface area contributed by atoms with Gasteiger partial charge in [0.1, 0.15) is 0 Å². The van der Waals surface area contributed by atoms with E-state index in [2.05, 4.69) is 0 Å². The quantitative estimate of drug-likeness (QED) is 0.568. The second-order valence-corrected chi connectivity index (χ2v) is 2.70. The molecule has 0 N–H and O–H groups in total. The summed E-state index contributed by atoms with van der Waals surface area (Å²) < 4.78 is 15.3. The number of furan rings is 1. The van der Waals surface area contributed by atoms with Crippen LogP contribution < -0.4 is 0 Å². The van der Waals surface area contributed by atoms with Gasteiger partial charge in [-0.3, -0.25) is 4.21 Å². The van der Waals surface area contributed by atoms with E-state index in [4.69, 9.17) is 4.42 Å². The molecule has 1 atom stereocenters. The molecule has 1 heterocycles. The van der Waals surface area contributed by atoms with Gasteiger partial charge in [0.15, 0.2) is 5.09 Å². The van der Waals surface area contributed by atoms with Crippen molar-refractivity contribution in [2.45, 2.75) is 5.09 Å². The van der Waals surface area contributed by atoms with E-state index in [-0.39, 0.29) is 0 Å². The van der Waals surface area contributed by atoms with Gasteiger partial charge in [-0.1, -0.05) is 0 Å². The molecule has 3 heteroatoms.